The second-order valence-electron chi connectivity index (χ2n) is 8.94. The summed E-state index contributed by atoms with van der Waals surface area (Å²) in [6.07, 6.45) is 2.48. The lowest BCUT2D eigenvalue weighted by molar-refractivity contribution is -0.107. The Kier molecular flexibility index (Phi) is 8.06. The fourth-order valence-corrected chi connectivity index (χ4v) is 4.53. The monoisotopic (exact) mass is 504 g/mol. The number of halogens is 1. The third-order valence-electron chi connectivity index (χ3n) is 6.22. The minimum Gasteiger partial charge on any atom is -0.507 e. The molecule has 0 saturated carbocycles. The Bertz CT molecular complexity index is 1280. The Morgan fingerprint density at radius 3 is 2.42 bits per heavy atom. The van der Waals surface area contributed by atoms with Crippen LogP contribution in [0.3, 0.4) is 0 Å². The maximum atomic E-state index is 11.7. The zero-order valence-corrected chi connectivity index (χ0v) is 21.2. The Balaban J connectivity index is 1.72. The maximum absolute atomic E-state index is 11.7. The van der Waals surface area contributed by atoms with Crippen LogP contribution in [0.4, 0.5) is 11.5 Å². The van der Waals surface area contributed by atoms with E-state index in [-0.39, 0.29) is 5.75 Å². The number of benzene rings is 2. The summed E-state index contributed by atoms with van der Waals surface area (Å²) < 4.78 is 0. The van der Waals surface area contributed by atoms with Gasteiger partial charge in [0.25, 0.3) is 0 Å². The number of likely N-dealkylation sites (N-methyl/N-ethyl adjacent to an activating group) is 1. The van der Waals surface area contributed by atoms with Gasteiger partial charge in [-0.3, -0.25) is 4.79 Å². The number of nitrogens with one attached hydrogen (secondary N) is 1. The summed E-state index contributed by atoms with van der Waals surface area (Å²) in [5.41, 5.74) is 3.46. The predicted molar refractivity (Wildman–Crippen MR) is 144 cm³/mol. The summed E-state index contributed by atoms with van der Waals surface area (Å²) in [7, 11) is 3.87. The molecule has 1 amide bonds. The second-order valence-corrected chi connectivity index (χ2v) is 9.35. The molecular weight excluding hydrogens is 476 g/mol. The van der Waals surface area contributed by atoms with Crippen molar-refractivity contribution >= 4 is 29.5 Å². The lowest BCUT2D eigenvalue weighted by atomic mass is 9.95. The minimum atomic E-state index is 0.0510. The van der Waals surface area contributed by atoms with Gasteiger partial charge in [-0.25, -0.2) is 4.98 Å². The largest absolute Gasteiger partial charge is 0.507 e. The Labute approximate surface area is 216 Å². The third kappa shape index (κ3) is 5.60. The van der Waals surface area contributed by atoms with Crippen LogP contribution in [-0.4, -0.2) is 74.8 Å². The number of pyridine rings is 1. The van der Waals surface area contributed by atoms with E-state index in [1.165, 1.54) is 0 Å². The molecule has 2 N–H and O–H groups in total. The van der Waals surface area contributed by atoms with Gasteiger partial charge in [-0.05, 0) is 61.6 Å². The molecule has 2 heterocycles. The number of piperazine rings is 1. The number of anilines is 2. The molecule has 0 aliphatic carbocycles. The SMILES string of the molecule is CN(C)CCN(C=O)c1ccc(-c2cc(C#N)cc(-c3ccnc(N4CCNCC4)c3)c2O)cc1Cl. The molecule has 0 unspecified atom stereocenters. The van der Waals surface area contributed by atoms with E-state index >= 15 is 0 Å². The molecule has 36 heavy (non-hydrogen) atoms. The summed E-state index contributed by atoms with van der Waals surface area (Å²) in [6.45, 7) is 4.66. The van der Waals surface area contributed by atoms with Crippen molar-refractivity contribution in [2.75, 3.05) is 63.2 Å². The fourth-order valence-electron chi connectivity index (χ4n) is 4.24. The van der Waals surface area contributed by atoms with Crippen LogP contribution < -0.4 is 15.1 Å². The number of aromatic hydroxyl groups is 1. The zero-order chi connectivity index (χ0) is 25.7. The summed E-state index contributed by atoms with van der Waals surface area (Å²) in [4.78, 5) is 21.9. The van der Waals surface area contributed by atoms with E-state index < -0.39 is 0 Å². The first-order chi connectivity index (χ1) is 17.4. The molecule has 0 radical (unpaired) electrons. The van der Waals surface area contributed by atoms with E-state index in [0.717, 1.165) is 44.0 Å². The molecule has 1 saturated heterocycles. The van der Waals surface area contributed by atoms with Crippen molar-refractivity contribution in [3.05, 3.63) is 59.2 Å². The van der Waals surface area contributed by atoms with E-state index in [1.54, 1.807) is 41.4 Å². The predicted octanol–water partition coefficient (Wildman–Crippen LogP) is 3.58. The quantitative estimate of drug-likeness (QED) is 0.453. The van der Waals surface area contributed by atoms with Gasteiger partial charge in [-0.2, -0.15) is 5.26 Å². The van der Waals surface area contributed by atoms with E-state index in [9.17, 15) is 15.2 Å². The van der Waals surface area contributed by atoms with Gasteiger partial charge >= 0.3 is 0 Å². The molecule has 0 spiro atoms. The highest BCUT2D eigenvalue weighted by Crippen LogP contribution is 2.41. The van der Waals surface area contributed by atoms with Crippen LogP contribution in [0.15, 0.2) is 48.7 Å². The average molecular weight is 505 g/mol. The molecular formula is C27H29ClN6O2. The molecule has 0 atom stereocenters. The van der Waals surface area contributed by atoms with Gasteiger partial charge in [0, 0.05) is 56.6 Å². The van der Waals surface area contributed by atoms with Crippen molar-refractivity contribution < 1.29 is 9.90 Å². The van der Waals surface area contributed by atoms with E-state index in [0.29, 0.717) is 46.1 Å². The molecule has 1 aromatic heterocycles. The maximum Gasteiger partial charge on any atom is 0.214 e. The lowest BCUT2D eigenvalue weighted by Crippen LogP contribution is -2.43. The van der Waals surface area contributed by atoms with Crippen molar-refractivity contribution in [2.24, 2.45) is 0 Å². The van der Waals surface area contributed by atoms with E-state index in [2.05, 4.69) is 21.3 Å². The second kappa shape index (κ2) is 11.4. The number of aromatic nitrogens is 1. The highest BCUT2D eigenvalue weighted by atomic mass is 35.5. The topological polar surface area (TPSA) is 95.7 Å². The lowest BCUT2D eigenvalue weighted by Gasteiger charge is -2.28. The fraction of sp³-hybridized carbons (Fsp3) is 0.296. The first-order valence-corrected chi connectivity index (χ1v) is 12.1. The Morgan fingerprint density at radius 2 is 1.81 bits per heavy atom. The summed E-state index contributed by atoms with van der Waals surface area (Å²) in [5.74, 6) is 0.881. The Morgan fingerprint density at radius 1 is 1.11 bits per heavy atom. The van der Waals surface area contributed by atoms with Crippen molar-refractivity contribution in [1.82, 2.24) is 15.2 Å². The molecule has 3 aromatic rings. The normalized spacial score (nSPS) is 13.5. The molecule has 186 valence electrons. The van der Waals surface area contributed by atoms with Crippen molar-refractivity contribution in [3.63, 3.8) is 0 Å². The van der Waals surface area contributed by atoms with E-state index in [4.69, 9.17) is 11.6 Å². The van der Waals surface area contributed by atoms with Gasteiger partial charge in [-0.15, -0.1) is 0 Å². The van der Waals surface area contributed by atoms with Gasteiger partial charge in [0.05, 0.1) is 22.3 Å². The van der Waals surface area contributed by atoms with Crippen LogP contribution in [0.5, 0.6) is 5.75 Å². The number of rotatable bonds is 8. The van der Waals surface area contributed by atoms with Crippen molar-refractivity contribution in [2.45, 2.75) is 0 Å². The van der Waals surface area contributed by atoms with Crippen LogP contribution >= 0.6 is 11.6 Å². The van der Waals surface area contributed by atoms with Crippen LogP contribution in [0, 0.1) is 11.3 Å². The number of hydrogen-bond acceptors (Lipinski definition) is 7. The van der Waals surface area contributed by atoms with Crippen molar-refractivity contribution in [3.8, 4) is 34.1 Å². The summed E-state index contributed by atoms with van der Waals surface area (Å²) >= 11 is 6.58. The van der Waals surface area contributed by atoms with Crippen LogP contribution in [0.25, 0.3) is 22.3 Å². The van der Waals surface area contributed by atoms with Crippen LogP contribution in [0.1, 0.15) is 5.56 Å². The Hall–Kier alpha value is -3.64. The molecule has 0 bridgehead atoms. The number of nitrogens with zero attached hydrogens (tertiary/aromatic N) is 5. The molecule has 4 rings (SSSR count). The molecule has 8 nitrogen and oxygen atoms in total. The van der Waals surface area contributed by atoms with Gasteiger partial charge in [0.2, 0.25) is 6.41 Å². The van der Waals surface area contributed by atoms with Crippen LogP contribution in [-0.2, 0) is 4.79 Å². The van der Waals surface area contributed by atoms with Crippen molar-refractivity contribution in [1.29, 1.82) is 5.26 Å². The van der Waals surface area contributed by atoms with Gasteiger partial charge < -0.3 is 25.1 Å². The number of amides is 1. The molecule has 9 heteroatoms. The summed E-state index contributed by atoms with van der Waals surface area (Å²) in [5, 5.41) is 24.7. The number of nitriles is 1. The van der Waals surface area contributed by atoms with Gasteiger partial charge in [0.1, 0.15) is 11.6 Å². The number of hydrogen-bond donors (Lipinski definition) is 2. The highest BCUT2D eigenvalue weighted by Gasteiger charge is 2.18. The number of phenols is 1. The average Bonchev–Trinajstić information content (AvgIpc) is 2.90. The third-order valence-corrected chi connectivity index (χ3v) is 6.52. The molecule has 2 aromatic carbocycles. The molecule has 1 fully saturated rings. The number of carbonyl (C=O) groups is 1. The first-order valence-electron chi connectivity index (χ1n) is 11.8. The smallest absolute Gasteiger partial charge is 0.214 e. The molecule has 1 aliphatic heterocycles. The summed E-state index contributed by atoms with van der Waals surface area (Å²) in [6, 6.07) is 14.6. The van der Waals surface area contributed by atoms with Gasteiger partial charge in [-0.1, -0.05) is 17.7 Å². The van der Waals surface area contributed by atoms with Gasteiger partial charge in [0.15, 0.2) is 0 Å². The minimum absolute atomic E-state index is 0.0510. The molecule has 1 aliphatic rings. The number of phenolic OH excluding ortho intramolecular Hbond substituents is 1. The number of carbonyl (C=O) groups excluding carboxylic acids is 1. The highest BCUT2D eigenvalue weighted by molar-refractivity contribution is 6.34. The van der Waals surface area contributed by atoms with E-state index in [1.807, 2.05) is 31.1 Å². The standard InChI is InChI=1S/C27H29ClN6O2/c1-32(2)11-12-34(18-35)25-4-3-20(15-24(25)28)22-13-19(17-29)14-23(27(22)36)21-5-6-31-26(16-21)33-9-7-30-8-10-33/h3-6,13-16,18,30,36H,7-12H2,1-2H3. The first kappa shape index (κ1) is 25.5. The zero-order valence-electron chi connectivity index (χ0n) is 20.4. The van der Waals surface area contributed by atoms with Crippen LogP contribution in [0.2, 0.25) is 5.02 Å².